The molecule has 0 aliphatic carbocycles. The van der Waals surface area contributed by atoms with E-state index in [0.717, 1.165) is 12.8 Å². The number of halogens is 2. The van der Waals surface area contributed by atoms with Crippen molar-refractivity contribution in [3.63, 3.8) is 0 Å². The smallest absolute Gasteiger partial charge is 0.284 e. The largest absolute Gasteiger partial charge is 0.384 e. The summed E-state index contributed by atoms with van der Waals surface area (Å²) < 4.78 is 29.0. The molecular weight excluding hydrogens is 486 g/mol. The van der Waals surface area contributed by atoms with Crippen LogP contribution in [0, 0.1) is 0 Å². The fourth-order valence-electron chi connectivity index (χ4n) is 4.81. The Morgan fingerprint density at radius 1 is 1.14 bits per heavy atom. The summed E-state index contributed by atoms with van der Waals surface area (Å²) >= 11 is 0. The maximum absolute atomic E-state index is 13.7. The Labute approximate surface area is 211 Å². The second-order valence-electron chi connectivity index (χ2n) is 9.37. The lowest BCUT2D eigenvalue weighted by atomic mass is 9.97. The number of hydrogen-bond acceptors (Lipinski definition) is 7. The van der Waals surface area contributed by atoms with Crippen molar-refractivity contribution in [1.29, 1.82) is 0 Å². The summed E-state index contributed by atoms with van der Waals surface area (Å²) in [4.78, 5) is 33.0. The van der Waals surface area contributed by atoms with Gasteiger partial charge >= 0.3 is 0 Å². The van der Waals surface area contributed by atoms with Crippen LogP contribution in [0.25, 0.3) is 11.4 Å². The molecule has 196 valence electrons. The molecule has 11 nitrogen and oxygen atoms in total. The highest BCUT2D eigenvalue weighted by molar-refractivity contribution is 6.03. The van der Waals surface area contributed by atoms with Crippen molar-refractivity contribution in [3.05, 3.63) is 48.0 Å². The number of aromatic amines is 1. The van der Waals surface area contributed by atoms with Gasteiger partial charge in [-0.1, -0.05) is 6.07 Å². The Balaban J connectivity index is 1.21. The molecule has 0 radical (unpaired) electrons. The van der Waals surface area contributed by atoms with E-state index in [2.05, 4.69) is 30.5 Å². The Kier molecular flexibility index (Phi) is 6.98. The van der Waals surface area contributed by atoms with Crippen molar-refractivity contribution in [2.45, 2.75) is 44.4 Å². The van der Waals surface area contributed by atoms with E-state index in [1.165, 1.54) is 23.9 Å². The minimum Gasteiger partial charge on any atom is -0.384 e. The van der Waals surface area contributed by atoms with Gasteiger partial charge in [0, 0.05) is 44.6 Å². The zero-order valence-corrected chi connectivity index (χ0v) is 20.2. The highest BCUT2D eigenvalue weighted by Gasteiger charge is 2.37. The first kappa shape index (κ1) is 25.0. The number of anilines is 1. The highest BCUT2D eigenvalue weighted by atomic mass is 19.3. The molecule has 3 aromatic rings. The summed E-state index contributed by atoms with van der Waals surface area (Å²) in [5.41, 5.74) is 0.582. The van der Waals surface area contributed by atoms with E-state index in [4.69, 9.17) is 0 Å². The number of piperidine rings is 1. The van der Waals surface area contributed by atoms with E-state index >= 15 is 0 Å². The first-order valence-corrected chi connectivity index (χ1v) is 12.2. The summed E-state index contributed by atoms with van der Waals surface area (Å²) in [5.74, 6) is -0.874. The number of aliphatic hydroxyl groups is 1. The number of aliphatic hydroxyl groups excluding tert-OH is 1. The number of carbonyl (C=O) groups is 2. The van der Waals surface area contributed by atoms with Crippen molar-refractivity contribution in [2.24, 2.45) is 0 Å². The van der Waals surface area contributed by atoms with Crippen LogP contribution < -0.4 is 5.32 Å². The molecule has 0 bridgehead atoms. The zero-order valence-electron chi connectivity index (χ0n) is 20.2. The number of H-pyrrole nitrogens is 1. The molecule has 3 N–H and O–H groups in total. The summed E-state index contributed by atoms with van der Waals surface area (Å²) in [6, 6.07) is 6.75. The first-order valence-electron chi connectivity index (χ1n) is 12.2. The SMILES string of the molecule is C[C@H](O)C(=O)N1CCC(N2CC(n3cc(NC(=O)c4cccc(-c5cc[nH]n5)n4)c(C(F)F)n3)C2)CC1. The normalized spacial score (nSPS) is 18.1. The van der Waals surface area contributed by atoms with E-state index in [1.54, 1.807) is 29.3 Å². The summed E-state index contributed by atoms with van der Waals surface area (Å²) in [5, 5.41) is 22.8. The van der Waals surface area contributed by atoms with Gasteiger partial charge in [-0.25, -0.2) is 13.8 Å². The minimum absolute atomic E-state index is 0.0460. The van der Waals surface area contributed by atoms with Gasteiger partial charge in [-0.3, -0.25) is 24.3 Å². The van der Waals surface area contributed by atoms with Gasteiger partial charge in [-0.2, -0.15) is 10.2 Å². The number of nitrogens with zero attached hydrogens (tertiary/aromatic N) is 6. The van der Waals surface area contributed by atoms with Gasteiger partial charge < -0.3 is 15.3 Å². The van der Waals surface area contributed by atoms with Gasteiger partial charge in [0.2, 0.25) is 0 Å². The van der Waals surface area contributed by atoms with Gasteiger partial charge in [0.1, 0.15) is 17.5 Å². The van der Waals surface area contributed by atoms with Crippen LogP contribution in [0.3, 0.4) is 0 Å². The number of hydrogen-bond donors (Lipinski definition) is 3. The van der Waals surface area contributed by atoms with Crippen LogP contribution in [0.4, 0.5) is 14.5 Å². The predicted molar refractivity (Wildman–Crippen MR) is 129 cm³/mol. The molecule has 0 spiro atoms. The maximum atomic E-state index is 13.7. The third-order valence-electron chi connectivity index (χ3n) is 6.87. The lowest BCUT2D eigenvalue weighted by Crippen LogP contribution is -2.56. The van der Waals surface area contributed by atoms with Crippen molar-refractivity contribution >= 4 is 17.5 Å². The van der Waals surface area contributed by atoms with E-state index in [1.807, 2.05) is 0 Å². The van der Waals surface area contributed by atoms with Crippen LogP contribution in [0.15, 0.2) is 36.7 Å². The van der Waals surface area contributed by atoms with Crippen LogP contribution in [0.5, 0.6) is 0 Å². The van der Waals surface area contributed by atoms with Crippen LogP contribution in [0.1, 0.15) is 48.4 Å². The number of carbonyl (C=O) groups excluding carboxylic acids is 2. The second-order valence-corrected chi connectivity index (χ2v) is 9.37. The van der Waals surface area contributed by atoms with Crippen LogP contribution in [0.2, 0.25) is 0 Å². The average molecular weight is 515 g/mol. The van der Waals surface area contributed by atoms with E-state index in [0.29, 0.717) is 37.6 Å². The monoisotopic (exact) mass is 514 g/mol. The number of rotatable bonds is 7. The summed E-state index contributed by atoms with van der Waals surface area (Å²) in [6.45, 7) is 3.91. The molecule has 0 aromatic carbocycles. The fourth-order valence-corrected chi connectivity index (χ4v) is 4.81. The first-order chi connectivity index (χ1) is 17.8. The Morgan fingerprint density at radius 2 is 1.89 bits per heavy atom. The van der Waals surface area contributed by atoms with Gasteiger partial charge in [0.15, 0.2) is 5.69 Å². The van der Waals surface area contributed by atoms with Gasteiger partial charge in [-0.15, -0.1) is 0 Å². The van der Waals surface area contributed by atoms with Crippen molar-refractivity contribution in [2.75, 3.05) is 31.5 Å². The number of amides is 2. The molecule has 13 heteroatoms. The molecule has 37 heavy (non-hydrogen) atoms. The summed E-state index contributed by atoms with van der Waals surface area (Å²) in [6.07, 6.45) is 0.807. The Morgan fingerprint density at radius 3 is 2.54 bits per heavy atom. The minimum atomic E-state index is -2.85. The molecular formula is C24H28F2N8O3. The second kappa shape index (κ2) is 10.3. The Bertz CT molecular complexity index is 1250. The molecule has 2 saturated heterocycles. The van der Waals surface area contributed by atoms with Crippen LogP contribution in [-0.4, -0.2) is 90.0 Å². The molecule has 0 unspecified atom stereocenters. The van der Waals surface area contributed by atoms with E-state index < -0.39 is 24.1 Å². The third-order valence-corrected chi connectivity index (χ3v) is 6.87. The molecule has 2 aliphatic heterocycles. The zero-order chi connectivity index (χ0) is 26.1. The molecule has 2 fully saturated rings. The average Bonchev–Trinajstić information content (AvgIpc) is 3.54. The van der Waals surface area contributed by atoms with Crippen molar-refractivity contribution in [3.8, 4) is 11.4 Å². The topological polar surface area (TPSA) is 132 Å². The number of alkyl halides is 2. The predicted octanol–water partition coefficient (Wildman–Crippen LogP) is 2.09. The van der Waals surface area contributed by atoms with Gasteiger partial charge in [0.05, 0.1) is 17.4 Å². The lowest BCUT2D eigenvalue weighted by molar-refractivity contribution is -0.141. The van der Waals surface area contributed by atoms with Gasteiger partial charge in [0.25, 0.3) is 18.2 Å². The molecule has 5 rings (SSSR count). The molecule has 2 aliphatic rings. The number of pyridine rings is 1. The lowest BCUT2D eigenvalue weighted by Gasteiger charge is -2.47. The number of aromatic nitrogens is 5. The third kappa shape index (κ3) is 5.23. The van der Waals surface area contributed by atoms with E-state index in [9.17, 15) is 23.5 Å². The van der Waals surface area contributed by atoms with Crippen molar-refractivity contribution < 1.29 is 23.5 Å². The molecule has 2 amide bonds. The van der Waals surface area contributed by atoms with Gasteiger partial charge in [-0.05, 0) is 38.0 Å². The van der Waals surface area contributed by atoms with Crippen LogP contribution >= 0.6 is 0 Å². The molecule has 3 aromatic heterocycles. The number of nitrogens with one attached hydrogen (secondary N) is 2. The van der Waals surface area contributed by atoms with Crippen LogP contribution in [-0.2, 0) is 4.79 Å². The van der Waals surface area contributed by atoms with Crippen molar-refractivity contribution in [1.82, 2.24) is 34.8 Å². The molecule has 5 heterocycles. The Hall–Kier alpha value is -3.71. The molecule has 0 saturated carbocycles. The highest BCUT2D eigenvalue weighted by Crippen LogP contribution is 2.32. The fraction of sp³-hybridized carbons (Fsp3) is 0.458. The van der Waals surface area contributed by atoms with E-state index in [-0.39, 0.29) is 29.4 Å². The quantitative estimate of drug-likeness (QED) is 0.440. The summed E-state index contributed by atoms with van der Waals surface area (Å²) in [7, 11) is 0. The number of likely N-dealkylation sites (tertiary alicyclic amines) is 2. The maximum Gasteiger partial charge on any atom is 0.284 e. The standard InChI is InChI=1S/C24H28F2N8O3/c1-14(35)24(37)32-9-6-15(7-10-32)33-11-16(12-33)34-13-20(21(31-34)22(25)26)29-23(36)19-4-2-3-17(28-19)18-5-8-27-30-18/h2-5,8,13-16,22,35H,6-7,9-12H2,1H3,(H,27,30)(H,29,36)/t14-/m0/s1. The molecule has 1 atom stereocenters.